The Hall–Kier alpha value is -1.19. The van der Waals surface area contributed by atoms with Gasteiger partial charge >= 0.3 is 0 Å². The molecule has 1 aliphatic carbocycles. The van der Waals surface area contributed by atoms with Crippen LogP contribution in [0.25, 0.3) is 0 Å². The van der Waals surface area contributed by atoms with Crippen LogP contribution in [0, 0.1) is 0 Å². The highest BCUT2D eigenvalue weighted by Gasteiger charge is 2.39. The molecule has 1 saturated carbocycles. The third kappa shape index (κ3) is 6.65. The molecule has 0 aromatic rings. The number of rotatable bonds is 8. The second-order valence-corrected chi connectivity index (χ2v) is 11.3. The van der Waals surface area contributed by atoms with Crippen molar-refractivity contribution in [2.75, 3.05) is 57.3 Å². The number of nitrogens with one attached hydrogen (secondary N) is 1. The van der Waals surface area contributed by atoms with Crippen LogP contribution in [0.4, 0.5) is 0 Å². The van der Waals surface area contributed by atoms with E-state index in [1.807, 2.05) is 11.8 Å². The van der Waals surface area contributed by atoms with E-state index >= 15 is 0 Å². The molecule has 0 aromatic heterocycles. The molecule has 3 aliphatic rings. The summed E-state index contributed by atoms with van der Waals surface area (Å²) in [5.74, 6) is 0.466. The molecule has 3 rings (SSSR count). The molecule has 1 unspecified atom stereocenters. The molecule has 0 spiro atoms. The lowest BCUT2D eigenvalue weighted by Crippen LogP contribution is -2.55. The number of amides is 2. The topological polar surface area (TPSA) is 90.0 Å². The first-order valence-corrected chi connectivity index (χ1v) is 13.4. The average Bonchev–Trinajstić information content (AvgIpc) is 3.08. The van der Waals surface area contributed by atoms with Crippen LogP contribution < -0.4 is 5.32 Å². The van der Waals surface area contributed by atoms with E-state index < -0.39 is 9.84 Å². The number of hydrogen-bond acceptors (Lipinski definition) is 6. The normalized spacial score (nSPS) is 25.8. The van der Waals surface area contributed by atoms with Crippen LogP contribution in [0.15, 0.2) is 0 Å². The Morgan fingerprint density at radius 3 is 2.13 bits per heavy atom. The van der Waals surface area contributed by atoms with E-state index in [4.69, 9.17) is 0 Å². The van der Waals surface area contributed by atoms with E-state index in [1.54, 1.807) is 0 Å². The maximum absolute atomic E-state index is 13.3. The van der Waals surface area contributed by atoms with Gasteiger partial charge in [-0.3, -0.25) is 19.4 Å². The van der Waals surface area contributed by atoms with Crippen molar-refractivity contribution in [1.82, 2.24) is 20.0 Å². The van der Waals surface area contributed by atoms with Crippen molar-refractivity contribution in [3.05, 3.63) is 0 Å². The smallest absolute Gasteiger partial charge is 0.237 e. The largest absolute Gasteiger partial charge is 0.355 e. The summed E-state index contributed by atoms with van der Waals surface area (Å²) in [5.41, 5.74) is 0. The summed E-state index contributed by atoms with van der Waals surface area (Å²) in [6.07, 6.45) is 6.92. The van der Waals surface area contributed by atoms with Crippen molar-refractivity contribution in [1.29, 1.82) is 0 Å². The molecule has 1 atom stereocenters. The lowest BCUT2D eigenvalue weighted by atomic mass is 9.92. The van der Waals surface area contributed by atoms with Crippen molar-refractivity contribution in [3.8, 4) is 0 Å². The SMILES string of the molecule is CCCNC(=O)CN1CCN(CC(=O)N(C2CCCCC2)C2CCS(=O)(=O)C2)CC1. The van der Waals surface area contributed by atoms with Crippen molar-refractivity contribution in [2.24, 2.45) is 0 Å². The standard InChI is InChI=1S/C21H38N4O4S/c1-2-9-22-20(26)15-23-10-12-24(13-11-23)16-21(27)25(18-6-4-3-5-7-18)19-8-14-30(28,29)17-19/h18-19H,2-17H2,1H3,(H,22,26). The Morgan fingerprint density at radius 1 is 0.933 bits per heavy atom. The summed E-state index contributed by atoms with van der Waals surface area (Å²) in [6.45, 7) is 6.57. The second-order valence-electron chi connectivity index (χ2n) is 9.05. The summed E-state index contributed by atoms with van der Waals surface area (Å²) in [6, 6.07) is 0.0299. The highest BCUT2D eigenvalue weighted by atomic mass is 32.2. The Kier molecular flexibility index (Phi) is 8.53. The van der Waals surface area contributed by atoms with Crippen molar-refractivity contribution in [2.45, 2.75) is 64.0 Å². The van der Waals surface area contributed by atoms with Crippen LogP contribution in [-0.4, -0.2) is 104 Å². The van der Waals surface area contributed by atoms with E-state index in [0.717, 1.165) is 58.3 Å². The second kappa shape index (κ2) is 10.9. The van der Waals surface area contributed by atoms with Crippen molar-refractivity contribution in [3.63, 3.8) is 0 Å². The van der Waals surface area contributed by atoms with Crippen LogP contribution in [0.3, 0.4) is 0 Å². The predicted octanol–water partition coefficient (Wildman–Crippen LogP) is 0.479. The lowest BCUT2D eigenvalue weighted by Gasteiger charge is -2.40. The zero-order valence-electron chi connectivity index (χ0n) is 18.4. The summed E-state index contributed by atoms with van der Waals surface area (Å²) in [5, 5.41) is 2.91. The maximum atomic E-state index is 13.3. The first-order chi connectivity index (χ1) is 14.4. The van der Waals surface area contributed by atoms with Gasteiger partial charge in [0, 0.05) is 44.8 Å². The average molecular weight is 443 g/mol. The van der Waals surface area contributed by atoms with Crippen LogP contribution in [-0.2, 0) is 19.4 Å². The molecule has 0 radical (unpaired) electrons. The molecule has 172 valence electrons. The van der Waals surface area contributed by atoms with Crippen molar-refractivity contribution >= 4 is 21.7 Å². The number of carbonyl (C=O) groups is 2. The molecule has 30 heavy (non-hydrogen) atoms. The molecule has 0 bridgehead atoms. The van der Waals surface area contributed by atoms with Gasteiger partial charge in [0.25, 0.3) is 0 Å². The molecule has 2 aliphatic heterocycles. The zero-order valence-corrected chi connectivity index (χ0v) is 19.2. The fraction of sp³-hybridized carbons (Fsp3) is 0.905. The Balaban J connectivity index is 1.52. The minimum atomic E-state index is -3.02. The van der Waals surface area contributed by atoms with E-state index in [2.05, 4.69) is 15.1 Å². The summed E-state index contributed by atoms with van der Waals surface area (Å²) in [7, 11) is -3.02. The number of sulfone groups is 1. The molecule has 8 nitrogen and oxygen atoms in total. The number of hydrogen-bond donors (Lipinski definition) is 1. The van der Waals surface area contributed by atoms with Crippen LogP contribution in [0.2, 0.25) is 0 Å². The molecule has 2 heterocycles. The van der Waals surface area contributed by atoms with E-state index in [0.29, 0.717) is 26.1 Å². The van der Waals surface area contributed by atoms with E-state index in [-0.39, 0.29) is 35.4 Å². The van der Waals surface area contributed by atoms with Gasteiger partial charge in [0.05, 0.1) is 24.6 Å². The summed E-state index contributed by atoms with van der Waals surface area (Å²) in [4.78, 5) is 31.5. The van der Waals surface area contributed by atoms with Gasteiger partial charge in [0.15, 0.2) is 9.84 Å². The van der Waals surface area contributed by atoms with Gasteiger partial charge in [0.1, 0.15) is 0 Å². The fourth-order valence-electron chi connectivity index (χ4n) is 4.96. The van der Waals surface area contributed by atoms with Gasteiger partial charge in [-0.25, -0.2) is 8.42 Å². The summed E-state index contributed by atoms with van der Waals surface area (Å²) >= 11 is 0. The number of carbonyl (C=O) groups excluding carboxylic acids is 2. The Labute approximate surface area is 181 Å². The van der Waals surface area contributed by atoms with Crippen LogP contribution >= 0.6 is 0 Å². The van der Waals surface area contributed by atoms with E-state index in [9.17, 15) is 18.0 Å². The third-order valence-electron chi connectivity index (χ3n) is 6.62. The van der Waals surface area contributed by atoms with Gasteiger partial charge in [0.2, 0.25) is 11.8 Å². The minimum Gasteiger partial charge on any atom is -0.355 e. The molecule has 1 N–H and O–H groups in total. The number of piperazine rings is 1. The van der Waals surface area contributed by atoms with Crippen molar-refractivity contribution < 1.29 is 18.0 Å². The highest BCUT2D eigenvalue weighted by molar-refractivity contribution is 7.91. The molecule has 9 heteroatoms. The molecular formula is C21H38N4O4S. The fourth-order valence-corrected chi connectivity index (χ4v) is 6.67. The molecule has 0 aromatic carbocycles. The molecule has 2 saturated heterocycles. The minimum absolute atomic E-state index is 0.0623. The first-order valence-electron chi connectivity index (χ1n) is 11.6. The quantitative estimate of drug-likeness (QED) is 0.588. The molecular weight excluding hydrogens is 404 g/mol. The van der Waals surface area contributed by atoms with Gasteiger partial charge in [-0.1, -0.05) is 26.2 Å². The molecule has 3 fully saturated rings. The van der Waals surface area contributed by atoms with Crippen LogP contribution in [0.5, 0.6) is 0 Å². The first kappa shape index (κ1) is 23.5. The number of nitrogens with zero attached hydrogens (tertiary/aromatic N) is 3. The Bertz CT molecular complexity index is 685. The van der Waals surface area contributed by atoms with Crippen LogP contribution in [0.1, 0.15) is 51.9 Å². The maximum Gasteiger partial charge on any atom is 0.237 e. The third-order valence-corrected chi connectivity index (χ3v) is 8.37. The molecule has 2 amide bonds. The Morgan fingerprint density at radius 2 is 1.57 bits per heavy atom. The van der Waals surface area contributed by atoms with Gasteiger partial charge in [-0.2, -0.15) is 0 Å². The van der Waals surface area contributed by atoms with E-state index in [1.165, 1.54) is 6.42 Å². The zero-order chi connectivity index (χ0) is 21.6. The lowest BCUT2D eigenvalue weighted by molar-refractivity contribution is -0.138. The predicted molar refractivity (Wildman–Crippen MR) is 117 cm³/mol. The van der Waals surface area contributed by atoms with Gasteiger partial charge in [-0.15, -0.1) is 0 Å². The highest BCUT2D eigenvalue weighted by Crippen LogP contribution is 2.28. The van der Waals surface area contributed by atoms with Gasteiger partial charge in [-0.05, 0) is 25.7 Å². The summed E-state index contributed by atoms with van der Waals surface area (Å²) < 4.78 is 24.1. The van der Waals surface area contributed by atoms with Gasteiger partial charge < -0.3 is 10.2 Å². The monoisotopic (exact) mass is 442 g/mol.